The fourth-order valence-electron chi connectivity index (χ4n) is 2.27. The maximum Gasteiger partial charge on any atom is 0.173 e. The molecule has 0 aliphatic heterocycles. The molecule has 3 N–H and O–H groups in total. The summed E-state index contributed by atoms with van der Waals surface area (Å²) in [4.78, 5) is 2.40. The molecule has 0 aliphatic rings. The van der Waals surface area contributed by atoms with Crippen molar-refractivity contribution in [2.24, 2.45) is 10.9 Å². The first-order valence-corrected chi connectivity index (χ1v) is 7.03. The molecule has 5 heteroatoms. The van der Waals surface area contributed by atoms with Gasteiger partial charge in [0, 0.05) is 6.54 Å². The van der Waals surface area contributed by atoms with Crippen LogP contribution >= 0.6 is 0 Å². The van der Waals surface area contributed by atoms with Crippen LogP contribution in [-0.4, -0.2) is 36.1 Å². The van der Waals surface area contributed by atoms with Gasteiger partial charge in [0.2, 0.25) is 0 Å². The van der Waals surface area contributed by atoms with Gasteiger partial charge >= 0.3 is 0 Å². The molecular formula is C15H25N3O2. The molecule has 5 nitrogen and oxygen atoms in total. The highest BCUT2D eigenvalue weighted by Gasteiger charge is 2.11. The summed E-state index contributed by atoms with van der Waals surface area (Å²) in [5, 5.41) is 11.9. The van der Waals surface area contributed by atoms with Crippen LogP contribution in [0.4, 0.5) is 0 Å². The van der Waals surface area contributed by atoms with Gasteiger partial charge in [-0.15, -0.1) is 0 Å². The number of oxime groups is 1. The second kappa shape index (κ2) is 8.43. The number of nitrogens with zero attached hydrogens (tertiary/aromatic N) is 2. The van der Waals surface area contributed by atoms with Gasteiger partial charge in [0.15, 0.2) is 5.84 Å². The van der Waals surface area contributed by atoms with E-state index in [1.54, 1.807) is 7.11 Å². The second-order valence-corrected chi connectivity index (χ2v) is 4.80. The summed E-state index contributed by atoms with van der Waals surface area (Å²) < 4.78 is 5.24. The molecule has 0 radical (unpaired) electrons. The van der Waals surface area contributed by atoms with Gasteiger partial charge < -0.3 is 15.7 Å². The highest BCUT2D eigenvalue weighted by molar-refractivity contribution is 5.99. The first-order valence-electron chi connectivity index (χ1n) is 7.03. The van der Waals surface area contributed by atoms with E-state index in [2.05, 4.69) is 23.9 Å². The van der Waals surface area contributed by atoms with Crippen molar-refractivity contribution < 1.29 is 9.94 Å². The van der Waals surface area contributed by atoms with Gasteiger partial charge in [0.25, 0.3) is 0 Å². The van der Waals surface area contributed by atoms with E-state index in [0.717, 1.165) is 38.0 Å². The summed E-state index contributed by atoms with van der Waals surface area (Å²) in [6.07, 6.45) is 2.26. The molecule has 0 aliphatic carbocycles. The Morgan fingerprint density at radius 3 is 2.45 bits per heavy atom. The first kappa shape index (κ1) is 16.3. The quantitative estimate of drug-likeness (QED) is 0.332. The molecule has 1 rings (SSSR count). The topological polar surface area (TPSA) is 71.1 Å². The molecule has 0 fully saturated rings. The van der Waals surface area contributed by atoms with Crippen molar-refractivity contribution in [3.05, 3.63) is 29.3 Å². The number of ether oxygens (including phenoxy) is 1. The molecular weight excluding hydrogens is 254 g/mol. The summed E-state index contributed by atoms with van der Waals surface area (Å²) in [5.74, 6) is 0.683. The van der Waals surface area contributed by atoms with E-state index in [9.17, 15) is 0 Å². The monoisotopic (exact) mass is 279 g/mol. The van der Waals surface area contributed by atoms with Gasteiger partial charge in [0.1, 0.15) is 5.75 Å². The first-order chi connectivity index (χ1) is 9.65. The molecule has 0 saturated carbocycles. The molecule has 0 spiro atoms. The summed E-state index contributed by atoms with van der Waals surface area (Å²) in [5.41, 5.74) is 7.45. The Balaban J connectivity index is 2.95. The number of methoxy groups -OCH3 is 1. The van der Waals surface area contributed by atoms with Gasteiger partial charge in [-0.3, -0.25) is 4.90 Å². The Labute approximate surface area is 121 Å². The van der Waals surface area contributed by atoms with Crippen molar-refractivity contribution in [1.82, 2.24) is 4.90 Å². The van der Waals surface area contributed by atoms with Crippen LogP contribution in [0.25, 0.3) is 0 Å². The summed E-state index contributed by atoms with van der Waals surface area (Å²) in [6.45, 7) is 7.35. The lowest BCUT2D eigenvalue weighted by Crippen LogP contribution is -2.25. The predicted octanol–water partition coefficient (Wildman–Crippen LogP) is 2.41. The lowest BCUT2D eigenvalue weighted by Gasteiger charge is -2.21. The highest BCUT2D eigenvalue weighted by Crippen LogP contribution is 2.20. The van der Waals surface area contributed by atoms with Crippen molar-refractivity contribution in [2.45, 2.75) is 33.2 Å². The van der Waals surface area contributed by atoms with Gasteiger partial charge in [-0.05, 0) is 43.6 Å². The number of hydrogen-bond donors (Lipinski definition) is 2. The fraction of sp³-hybridized carbons (Fsp3) is 0.533. The zero-order valence-corrected chi connectivity index (χ0v) is 12.6. The number of nitrogens with two attached hydrogens (primary N) is 1. The normalized spacial score (nSPS) is 11.9. The van der Waals surface area contributed by atoms with E-state index in [1.165, 1.54) is 0 Å². The van der Waals surface area contributed by atoms with Crippen molar-refractivity contribution in [2.75, 3.05) is 20.2 Å². The molecule has 0 saturated heterocycles. The number of benzene rings is 1. The van der Waals surface area contributed by atoms with Crippen LogP contribution in [0.2, 0.25) is 0 Å². The van der Waals surface area contributed by atoms with E-state index >= 15 is 0 Å². The minimum Gasteiger partial charge on any atom is -0.496 e. The second-order valence-electron chi connectivity index (χ2n) is 4.80. The summed E-state index contributed by atoms with van der Waals surface area (Å²) in [7, 11) is 1.57. The van der Waals surface area contributed by atoms with Gasteiger partial charge in [-0.25, -0.2) is 0 Å². The summed E-state index contributed by atoms with van der Waals surface area (Å²) >= 11 is 0. The van der Waals surface area contributed by atoms with Gasteiger partial charge in [0.05, 0.1) is 12.7 Å². The summed E-state index contributed by atoms with van der Waals surface area (Å²) in [6, 6.07) is 5.80. The van der Waals surface area contributed by atoms with E-state index in [0.29, 0.717) is 11.3 Å². The SMILES string of the molecule is CCCN(CCC)Cc1ccc(OC)c(C(N)=NO)c1. The Hall–Kier alpha value is -1.75. The Bertz CT molecular complexity index is 441. The van der Waals surface area contributed by atoms with E-state index in [1.807, 2.05) is 18.2 Å². The van der Waals surface area contributed by atoms with Crippen LogP contribution < -0.4 is 10.5 Å². The average Bonchev–Trinajstić information content (AvgIpc) is 2.47. The average molecular weight is 279 g/mol. The predicted molar refractivity (Wildman–Crippen MR) is 81.4 cm³/mol. The van der Waals surface area contributed by atoms with Crippen molar-refractivity contribution in [3.8, 4) is 5.75 Å². The van der Waals surface area contributed by atoms with Crippen LogP contribution in [0.1, 0.15) is 37.8 Å². The van der Waals surface area contributed by atoms with Crippen LogP contribution in [0.5, 0.6) is 5.75 Å². The van der Waals surface area contributed by atoms with Crippen molar-refractivity contribution in [3.63, 3.8) is 0 Å². The van der Waals surface area contributed by atoms with Gasteiger partial charge in [-0.2, -0.15) is 0 Å². The lowest BCUT2D eigenvalue weighted by atomic mass is 10.1. The van der Waals surface area contributed by atoms with E-state index in [-0.39, 0.29) is 5.84 Å². The molecule has 0 bridgehead atoms. The fourth-order valence-corrected chi connectivity index (χ4v) is 2.27. The Morgan fingerprint density at radius 1 is 1.30 bits per heavy atom. The third-order valence-corrected chi connectivity index (χ3v) is 3.13. The molecule has 1 aromatic carbocycles. The zero-order valence-electron chi connectivity index (χ0n) is 12.6. The lowest BCUT2D eigenvalue weighted by molar-refractivity contribution is 0.266. The van der Waals surface area contributed by atoms with E-state index < -0.39 is 0 Å². The maximum absolute atomic E-state index is 8.85. The number of hydrogen-bond acceptors (Lipinski definition) is 4. The molecule has 0 aromatic heterocycles. The van der Waals surface area contributed by atoms with Crippen molar-refractivity contribution >= 4 is 5.84 Å². The van der Waals surface area contributed by atoms with Crippen LogP contribution in [0, 0.1) is 0 Å². The third kappa shape index (κ3) is 4.42. The molecule has 112 valence electrons. The van der Waals surface area contributed by atoms with Crippen LogP contribution in [0.15, 0.2) is 23.4 Å². The third-order valence-electron chi connectivity index (χ3n) is 3.13. The van der Waals surface area contributed by atoms with Crippen LogP contribution in [0.3, 0.4) is 0 Å². The smallest absolute Gasteiger partial charge is 0.173 e. The molecule has 20 heavy (non-hydrogen) atoms. The Kier molecular flexibility index (Phi) is 6.87. The minimum atomic E-state index is 0.0706. The van der Waals surface area contributed by atoms with Crippen molar-refractivity contribution in [1.29, 1.82) is 0 Å². The Morgan fingerprint density at radius 2 is 1.95 bits per heavy atom. The zero-order chi connectivity index (χ0) is 15.0. The highest BCUT2D eigenvalue weighted by atomic mass is 16.5. The maximum atomic E-state index is 8.85. The molecule has 0 heterocycles. The molecule has 0 amide bonds. The molecule has 0 unspecified atom stereocenters. The number of rotatable bonds is 8. The molecule has 1 aromatic rings. The van der Waals surface area contributed by atoms with Crippen LogP contribution in [-0.2, 0) is 6.54 Å². The minimum absolute atomic E-state index is 0.0706. The number of amidine groups is 1. The standard InChI is InChI=1S/C15H25N3O2/c1-4-8-18(9-5-2)11-12-6-7-14(20-3)13(10-12)15(16)17-19/h6-7,10,19H,4-5,8-9,11H2,1-3H3,(H2,16,17). The molecule has 0 atom stereocenters. The van der Waals surface area contributed by atoms with E-state index in [4.69, 9.17) is 15.7 Å². The van der Waals surface area contributed by atoms with Gasteiger partial charge in [-0.1, -0.05) is 25.1 Å². The largest absolute Gasteiger partial charge is 0.496 e.